The fourth-order valence-electron chi connectivity index (χ4n) is 4.12. The zero-order chi connectivity index (χ0) is 19.2. The van der Waals surface area contributed by atoms with Crippen LogP contribution in [-0.4, -0.2) is 83.6 Å². The Morgan fingerprint density at radius 3 is 2.70 bits per heavy atom. The minimum Gasteiger partial charge on any atom is -0.383 e. The van der Waals surface area contributed by atoms with E-state index in [2.05, 4.69) is 15.2 Å². The molecular weight excluding hydrogens is 346 g/mol. The van der Waals surface area contributed by atoms with Gasteiger partial charge < -0.3 is 19.5 Å². The number of aromatic nitrogens is 2. The SMILES string of the molecule is COCCNC(=O)C1CCCN(C2CCN(C(=O)c3nccn3C)CC2)C1. The van der Waals surface area contributed by atoms with E-state index < -0.39 is 0 Å². The van der Waals surface area contributed by atoms with Crippen LogP contribution in [0.15, 0.2) is 12.4 Å². The van der Waals surface area contributed by atoms with E-state index >= 15 is 0 Å². The van der Waals surface area contributed by atoms with E-state index in [1.54, 1.807) is 24.1 Å². The van der Waals surface area contributed by atoms with Crippen LogP contribution in [0.2, 0.25) is 0 Å². The van der Waals surface area contributed by atoms with Crippen molar-refractivity contribution < 1.29 is 14.3 Å². The van der Waals surface area contributed by atoms with E-state index in [4.69, 9.17) is 4.74 Å². The largest absolute Gasteiger partial charge is 0.383 e. The number of methoxy groups -OCH3 is 1. The smallest absolute Gasteiger partial charge is 0.289 e. The molecular formula is C19H31N5O3. The third kappa shape index (κ3) is 4.87. The lowest BCUT2D eigenvalue weighted by Crippen LogP contribution is -2.51. The molecule has 27 heavy (non-hydrogen) atoms. The second-order valence-electron chi connectivity index (χ2n) is 7.50. The molecule has 3 rings (SSSR count). The van der Waals surface area contributed by atoms with Gasteiger partial charge in [-0.2, -0.15) is 0 Å². The molecule has 0 saturated carbocycles. The lowest BCUT2D eigenvalue weighted by Gasteiger charge is -2.41. The summed E-state index contributed by atoms with van der Waals surface area (Å²) in [5, 5.41) is 2.97. The number of carbonyl (C=O) groups is 2. The van der Waals surface area contributed by atoms with E-state index in [0.29, 0.717) is 25.0 Å². The standard InChI is InChI=1S/C19H31N5O3/c1-22-12-7-20-17(22)19(26)23-10-5-16(6-11-23)24-9-3-4-15(14-24)18(25)21-8-13-27-2/h7,12,15-16H,3-6,8-11,13-14H2,1-2H3,(H,21,25). The minimum atomic E-state index is 0.00925. The van der Waals surface area contributed by atoms with Gasteiger partial charge in [-0.15, -0.1) is 0 Å². The van der Waals surface area contributed by atoms with Crippen LogP contribution in [0.25, 0.3) is 0 Å². The van der Waals surface area contributed by atoms with E-state index in [0.717, 1.165) is 51.9 Å². The predicted octanol–water partition coefficient (Wildman–Crippen LogP) is 0.499. The molecule has 3 heterocycles. The van der Waals surface area contributed by atoms with Crippen LogP contribution < -0.4 is 5.32 Å². The molecule has 2 amide bonds. The number of piperidine rings is 2. The van der Waals surface area contributed by atoms with E-state index in [1.165, 1.54) is 0 Å². The van der Waals surface area contributed by atoms with Crippen LogP contribution in [0.5, 0.6) is 0 Å². The van der Waals surface area contributed by atoms with Crippen molar-refractivity contribution in [1.82, 2.24) is 24.7 Å². The van der Waals surface area contributed by atoms with Crippen molar-refractivity contribution in [3.63, 3.8) is 0 Å². The third-order valence-electron chi connectivity index (χ3n) is 5.71. The van der Waals surface area contributed by atoms with E-state index in [1.807, 2.05) is 11.9 Å². The molecule has 0 radical (unpaired) electrons. The van der Waals surface area contributed by atoms with E-state index in [-0.39, 0.29) is 17.7 Å². The molecule has 8 heteroatoms. The number of hydrogen-bond donors (Lipinski definition) is 1. The molecule has 1 N–H and O–H groups in total. The zero-order valence-corrected chi connectivity index (χ0v) is 16.4. The summed E-state index contributed by atoms with van der Waals surface area (Å²) in [6.45, 7) is 4.47. The number of nitrogens with zero attached hydrogens (tertiary/aromatic N) is 4. The van der Waals surface area contributed by atoms with Gasteiger partial charge in [-0.05, 0) is 32.2 Å². The summed E-state index contributed by atoms with van der Waals surface area (Å²) in [6.07, 6.45) is 7.36. The number of nitrogens with one attached hydrogen (secondary N) is 1. The van der Waals surface area contributed by atoms with Crippen molar-refractivity contribution in [2.75, 3.05) is 46.4 Å². The number of amides is 2. The number of ether oxygens (including phenoxy) is 1. The van der Waals surface area contributed by atoms with Crippen LogP contribution in [-0.2, 0) is 16.6 Å². The Labute approximate surface area is 160 Å². The highest BCUT2D eigenvalue weighted by Gasteiger charge is 2.33. The van der Waals surface area contributed by atoms with Crippen molar-refractivity contribution in [1.29, 1.82) is 0 Å². The predicted molar refractivity (Wildman–Crippen MR) is 101 cm³/mol. The molecule has 1 unspecified atom stereocenters. The molecule has 1 aromatic rings. The first-order valence-electron chi connectivity index (χ1n) is 9.87. The highest BCUT2D eigenvalue weighted by atomic mass is 16.5. The maximum Gasteiger partial charge on any atom is 0.289 e. The van der Waals surface area contributed by atoms with Crippen molar-refractivity contribution in [3.05, 3.63) is 18.2 Å². The number of likely N-dealkylation sites (tertiary alicyclic amines) is 2. The molecule has 0 bridgehead atoms. The molecule has 2 fully saturated rings. The number of aryl methyl sites for hydroxylation is 1. The van der Waals surface area contributed by atoms with Gasteiger partial charge in [0.05, 0.1) is 12.5 Å². The Hall–Kier alpha value is -1.93. The summed E-state index contributed by atoms with van der Waals surface area (Å²) in [7, 11) is 3.48. The van der Waals surface area contributed by atoms with Crippen LogP contribution >= 0.6 is 0 Å². The number of rotatable bonds is 6. The summed E-state index contributed by atoms with van der Waals surface area (Å²) in [5.41, 5.74) is 0. The van der Waals surface area contributed by atoms with Gasteiger partial charge in [0, 0.05) is 58.8 Å². The first kappa shape index (κ1) is 19.8. The van der Waals surface area contributed by atoms with Gasteiger partial charge in [0.15, 0.2) is 5.82 Å². The van der Waals surface area contributed by atoms with Gasteiger partial charge in [-0.1, -0.05) is 0 Å². The summed E-state index contributed by atoms with van der Waals surface area (Å²) >= 11 is 0. The molecule has 2 saturated heterocycles. The van der Waals surface area contributed by atoms with Gasteiger partial charge in [-0.25, -0.2) is 4.98 Å². The first-order valence-corrected chi connectivity index (χ1v) is 9.87. The van der Waals surface area contributed by atoms with Crippen LogP contribution in [0.3, 0.4) is 0 Å². The van der Waals surface area contributed by atoms with Crippen molar-refractivity contribution in [2.24, 2.45) is 13.0 Å². The van der Waals surface area contributed by atoms with Gasteiger partial charge in [0.25, 0.3) is 5.91 Å². The molecule has 1 atom stereocenters. The molecule has 2 aliphatic rings. The fraction of sp³-hybridized carbons (Fsp3) is 0.737. The Bertz CT molecular complexity index is 639. The average Bonchev–Trinajstić information content (AvgIpc) is 3.13. The minimum absolute atomic E-state index is 0.00925. The molecule has 1 aromatic heterocycles. The second kappa shape index (κ2) is 9.32. The Kier molecular flexibility index (Phi) is 6.84. The molecule has 2 aliphatic heterocycles. The summed E-state index contributed by atoms with van der Waals surface area (Å²) < 4.78 is 6.77. The molecule has 8 nitrogen and oxygen atoms in total. The van der Waals surface area contributed by atoms with Gasteiger partial charge in [-0.3, -0.25) is 14.5 Å². The highest BCUT2D eigenvalue weighted by Crippen LogP contribution is 2.24. The Morgan fingerprint density at radius 1 is 1.26 bits per heavy atom. The highest BCUT2D eigenvalue weighted by molar-refractivity contribution is 5.90. The zero-order valence-electron chi connectivity index (χ0n) is 16.4. The molecule has 0 aromatic carbocycles. The average molecular weight is 377 g/mol. The number of imidazole rings is 1. The van der Waals surface area contributed by atoms with Crippen LogP contribution in [0.1, 0.15) is 36.3 Å². The van der Waals surface area contributed by atoms with Crippen LogP contribution in [0, 0.1) is 5.92 Å². The van der Waals surface area contributed by atoms with Crippen LogP contribution in [0.4, 0.5) is 0 Å². The maximum atomic E-state index is 12.6. The summed E-state index contributed by atoms with van der Waals surface area (Å²) in [4.78, 5) is 33.5. The Morgan fingerprint density at radius 2 is 2.04 bits per heavy atom. The molecule has 0 aliphatic carbocycles. The van der Waals surface area contributed by atoms with Crippen molar-refractivity contribution in [3.8, 4) is 0 Å². The Balaban J connectivity index is 1.48. The van der Waals surface area contributed by atoms with Gasteiger partial charge >= 0.3 is 0 Å². The van der Waals surface area contributed by atoms with Gasteiger partial charge in [0.2, 0.25) is 5.91 Å². The quantitative estimate of drug-likeness (QED) is 0.731. The monoisotopic (exact) mass is 377 g/mol. The summed E-state index contributed by atoms with van der Waals surface area (Å²) in [6, 6.07) is 0.449. The van der Waals surface area contributed by atoms with Crippen molar-refractivity contribution in [2.45, 2.75) is 31.7 Å². The second-order valence-corrected chi connectivity index (χ2v) is 7.50. The van der Waals surface area contributed by atoms with Crippen molar-refractivity contribution >= 4 is 11.8 Å². The number of hydrogen-bond acceptors (Lipinski definition) is 5. The third-order valence-corrected chi connectivity index (χ3v) is 5.71. The normalized spacial score (nSPS) is 22.0. The first-order chi connectivity index (χ1) is 13.1. The fourth-order valence-corrected chi connectivity index (χ4v) is 4.12. The summed E-state index contributed by atoms with van der Waals surface area (Å²) in [5.74, 6) is 0.705. The topological polar surface area (TPSA) is 79.7 Å². The lowest BCUT2D eigenvalue weighted by atomic mass is 9.93. The molecule has 150 valence electrons. The van der Waals surface area contributed by atoms with Gasteiger partial charge in [0.1, 0.15) is 0 Å². The maximum absolute atomic E-state index is 12.6. The lowest BCUT2D eigenvalue weighted by molar-refractivity contribution is -0.127. The molecule has 0 spiro atoms. The number of carbonyl (C=O) groups excluding carboxylic acids is 2. The van der Waals surface area contributed by atoms with E-state index in [9.17, 15) is 9.59 Å².